The second-order valence-electron chi connectivity index (χ2n) is 7.33. The Morgan fingerprint density at radius 1 is 1.16 bits per heavy atom. The molecule has 7 nitrogen and oxygen atoms in total. The summed E-state index contributed by atoms with van der Waals surface area (Å²) in [4.78, 5) is 32.9. The molecule has 1 atom stereocenters. The van der Waals surface area contributed by atoms with Crippen LogP contribution in [0.15, 0.2) is 70.7 Å². The molecule has 0 radical (unpaired) electrons. The Hall–Kier alpha value is -3.46. The van der Waals surface area contributed by atoms with Gasteiger partial charge in [0.1, 0.15) is 16.5 Å². The van der Waals surface area contributed by atoms with E-state index in [-0.39, 0.29) is 28.5 Å². The van der Waals surface area contributed by atoms with Gasteiger partial charge in [0.25, 0.3) is 5.56 Å². The third-order valence-electron chi connectivity index (χ3n) is 4.98. The number of rotatable bonds is 6. The molecule has 156 valence electrons. The Labute approximate surface area is 180 Å². The fourth-order valence-corrected chi connectivity index (χ4v) is 4.22. The first-order valence-electron chi connectivity index (χ1n) is 9.84. The van der Waals surface area contributed by atoms with Crippen LogP contribution in [0.1, 0.15) is 23.7 Å². The van der Waals surface area contributed by atoms with E-state index < -0.39 is 5.25 Å². The van der Waals surface area contributed by atoms with Crippen molar-refractivity contribution in [2.24, 2.45) is 0 Å². The molecule has 5 rings (SSSR count). The minimum Gasteiger partial charge on any atom is -0.352 e. The normalized spacial score (nSPS) is 14.5. The van der Waals surface area contributed by atoms with Crippen LogP contribution in [0.3, 0.4) is 0 Å². The number of aromatic amines is 1. The SMILES string of the molecule is O=C(NC1CC1)C(Sc1nc2c(cnn2-c2ccccc2)c(=O)[nH]1)c1ccc(F)cc1. The highest BCUT2D eigenvalue weighted by atomic mass is 32.2. The van der Waals surface area contributed by atoms with Crippen LogP contribution in [-0.2, 0) is 4.79 Å². The first kappa shape index (κ1) is 19.5. The molecule has 1 aliphatic carbocycles. The second-order valence-corrected chi connectivity index (χ2v) is 8.43. The number of halogens is 1. The fraction of sp³-hybridized carbons (Fsp3) is 0.182. The molecule has 2 aromatic carbocycles. The monoisotopic (exact) mass is 435 g/mol. The Kier molecular flexibility index (Phi) is 5.03. The van der Waals surface area contributed by atoms with Gasteiger partial charge in [-0.3, -0.25) is 9.59 Å². The van der Waals surface area contributed by atoms with Crippen molar-refractivity contribution in [3.8, 4) is 5.69 Å². The van der Waals surface area contributed by atoms with Gasteiger partial charge >= 0.3 is 0 Å². The number of fused-ring (bicyclic) bond motifs is 1. The number of carbonyl (C=O) groups is 1. The summed E-state index contributed by atoms with van der Waals surface area (Å²) in [5.74, 6) is -0.576. The van der Waals surface area contributed by atoms with Crippen molar-refractivity contribution in [2.75, 3.05) is 0 Å². The zero-order valence-corrected chi connectivity index (χ0v) is 17.1. The Morgan fingerprint density at radius 2 is 1.90 bits per heavy atom. The van der Waals surface area contributed by atoms with Gasteiger partial charge in [-0.2, -0.15) is 5.10 Å². The summed E-state index contributed by atoms with van der Waals surface area (Å²) in [5, 5.41) is 7.24. The minimum atomic E-state index is -0.685. The highest BCUT2D eigenvalue weighted by molar-refractivity contribution is 8.00. The van der Waals surface area contributed by atoms with Crippen molar-refractivity contribution in [3.05, 3.63) is 82.5 Å². The molecule has 1 fully saturated rings. The van der Waals surface area contributed by atoms with E-state index in [2.05, 4.69) is 20.4 Å². The van der Waals surface area contributed by atoms with Gasteiger partial charge in [0, 0.05) is 6.04 Å². The molecule has 1 aliphatic rings. The summed E-state index contributed by atoms with van der Waals surface area (Å²) in [6.07, 6.45) is 3.37. The van der Waals surface area contributed by atoms with Crippen molar-refractivity contribution >= 4 is 28.7 Å². The van der Waals surface area contributed by atoms with Crippen molar-refractivity contribution in [3.63, 3.8) is 0 Å². The maximum atomic E-state index is 13.4. The van der Waals surface area contributed by atoms with E-state index in [9.17, 15) is 14.0 Å². The predicted molar refractivity (Wildman–Crippen MR) is 116 cm³/mol. The fourth-order valence-electron chi connectivity index (χ4n) is 3.24. The highest BCUT2D eigenvalue weighted by Crippen LogP contribution is 2.35. The first-order valence-corrected chi connectivity index (χ1v) is 10.7. The van der Waals surface area contributed by atoms with Crippen molar-refractivity contribution in [2.45, 2.75) is 29.3 Å². The van der Waals surface area contributed by atoms with E-state index in [0.717, 1.165) is 30.3 Å². The Morgan fingerprint density at radius 3 is 2.61 bits per heavy atom. The number of nitrogens with zero attached hydrogens (tertiary/aromatic N) is 3. The molecule has 0 saturated heterocycles. The van der Waals surface area contributed by atoms with E-state index >= 15 is 0 Å². The topological polar surface area (TPSA) is 92.7 Å². The number of benzene rings is 2. The Bertz CT molecular complexity index is 1300. The molecule has 0 aliphatic heterocycles. The van der Waals surface area contributed by atoms with Crippen LogP contribution in [-0.4, -0.2) is 31.7 Å². The maximum Gasteiger partial charge on any atom is 0.262 e. The van der Waals surface area contributed by atoms with Gasteiger partial charge in [-0.25, -0.2) is 14.1 Å². The molecule has 1 unspecified atom stereocenters. The van der Waals surface area contributed by atoms with E-state index in [1.807, 2.05) is 30.3 Å². The number of carbonyl (C=O) groups excluding carboxylic acids is 1. The van der Waals surface area contributed by atoms with Crippen LogP contribution < -0.4 is 10.9 Å². The smallest absolute Gasteiger partial charge is 0.262 e. The summed E-state index contributed by atoms with van der Waals surface area (Å²) in [6.45, 7) is 0. The van der Waals surface area contributed by atoms with Crippen LogP contribution in [0.5, 0.6) is 0 Å². The number of hydrogen-bond acceptors (Lipinski definition) is 5. The average molecular weight is 435 g/mol. The molecular weight excluding hydrogens is 417 g/mol. The summed E-state index contributed by atoms with van der Waals surface area (Å²) < 4.78 is 15.0. The number of amides is 1. The summed E-state index contributed by atoms with van der Waals surface area (Å²) in [6, 6.07) is 15.3. The number of H-pyrrole nitrogens is 1. The van der Waals surface area contributed by atoms with Crippen LogP contribution in [0.2, 0.25) is 0 Å². The molecular formula is C22H18FN5O2S. The number of thioether (sulfide) groups is 1. The molecule has 9 heteroatoms. The maximum absolute atomic E-state index is 13.4. The third kappa shape index (κ3) is 4.09. The van der Waals surface area contributed by atoms with Gasteiger partial charge in [-0.15, -0.1) is 0 Å². The van der Waals surface area contributed by atoms with Gasteiger partial charge in [0.2, 0.25) is 5.91 Å². The lowest BCUT2D eigenvalue weighted by molar-refractivity contribution is -0.120. The van der Waals surface area contributed by atoms with Crippen LogP contribution >= 0.6 is 11.8 Å². The van der Waals surface area contributed by atoms with Crippen LogP contribution in [0, 0.1) is 5.82 Å². The van der Waals surface area contributed by atoms with Crippen LogP contribution in [0.25, 0.3) is 16.7 Å². The van der Waals surface area contributed by atoms with Crippen molar-refractivity contribution < 1.29 is 9.18 Å². The molecule has 2 N–H and O–H groups in total. The lowest BCUT2D eigenvalue weighted by Crippen LogP contribution is -2.30. The summed E-state index contributed by atoms with van der Waals surface area (Å²) in [5.41, 5.74) is 1.46. The van der Waals surface area contributed by atoms with Crippen molar-refractivity contribution in [1.29, 1.82) is 0 Å². The molecule has 1 saturated carbocycles. The number of aromatic nitrogens is 4. The lowest BCUT2D eigenvalue weighted by atomic mass is 10.1. The zero-order valence-electron chi connectivity index (χ0n) is 16.3. The van der Waals surface area contributed by atoms with E-state index in [4.69, 9.17) is 0 Å². The summed E-state index contributed by atoms with van der Waals surface area (Å²) in [7, 11) is 0. The second kappa shape index (κ2) is 7.99. The molecule has 0 bridgehead atoms. The van der Waals surface area contributed by atoms with E-state index in [1.54, 1.807) is 16.8 Å². The van der Waals surface area contributed by atoms with E-state index in [1.165, 1.54) is 18.3 Å². The number of para-hydroxylation sites is 1. The van der Waals surface area contributed by atoms with Gasteiger partial charge in [0.05, 0.1) is 11.9 Å². The predicted octanol–water partition coefficient (Wildman–Crippen LogP) is 3.36. The molecule has 2 aromatic heterocycles. The number of hydrogen-bond donors (Lipinski definition) is 2. The average Bonchev–Trinajstić information content (AvgIpc) is 3.48. The van der Waals surface area contributed by atoms with Gasteiger partial charge in [0.15, 0.2) is 10.8 Å². The molecule has 31 heavy (non-hydrogen) atoms. The Balaban J connectivity index is 1.54. The summed E-state index contributed by atoms with van der Waals surface area (Å²) >= 11 is 1.12. The van der Waals surface area contributed by atoms with Gasteiger partial charge < -0.3 is 10.3 Å². The highest BCUT2D eigenvalue weighted by Gasteiger charge is 2.30. The molecule has 1 amide bonds. The number of nitrogens with one attached hydrogen (secondary N) is 2. The molecule has 4 aromatic rings. The lowest BCUT2D eigenvalue weighted by Gasteiger charge is -2.16. The van der Waals surface area contributed by atoms with E-state index in [0.29, 0.717) is 16.6 Å². The van der Waals surface area contributed by atoms with Gasteiger partial charge in [-0.05, 0) is 42.7 Å². The molecule has 0 spiro atoms. The van der Waals surface area contributed by atoms with Crippen LogP contribution in [0.4, 0.5) is 4.39 Å². The zero-order chi connectivity index (χ0) is 21.4. The largest absolute Gasteiger partial charge is 0.352 e. The third-order valence-corrected chi connectivity index (χ3v) is 6.12. The minimum absolute atomic E-state index is 0.171. The van der Waals surface area contributed by atoms with Gasteiger partial charge in [-0.1, -0.05) is 42.1 Å². The standard InChI is InChI=1S/C22H18FN5O2S/c23-14-8-6-13(7-9-14)18(21(30)25-15-10-11-15)31-22-26-19-17(20(29)27-22)12-24-28(19)16-4-2-1-3-5-16/h1-9,12,15,18H,10-11H2,(H,25,30)(H,26,27,29). The molecule has 2 heterocycles. The van der Waals surface area contributed by atoms with Crippen molar-refractivity contribution in [1.82, 2.24) is 25.1 Å². The first-order chi connectivity index (χ1) is 15.1. The quantitative estimate of drug-likeness (QED) is 0.358.